The maximum Gasteiger partial charge on any atom is 0.244 e. The van der Waals surface area contributed by atoms with Gasteiger partial charge in [0.25, 0.3) is 0 Å². The summed E-state index contributed by atoms with van der Waals surface area (Å²) in [5.41, 5.74) is 2.23. The second kappa shape index (κ2) is 5.43. The van der Waals surface area contributed by atoms with Crippen molar-refractivity contribution in [3.8, 4) is 0 Å². The Bertz CT molecular complexity index is 795. The number of aromatic nitrogens is 3. The van der Waals surface area contributed by atoms with Crippen LogP contribution in [0.1, 0.15) is 42.8 Å². The quantitative estimate of drug-likeness (QED) is 0.871. The number of hydrogen-bond acceptors (Lipinski definition) is 4. The Morgan fingerprint density at radius 2 is 2.12 bits per heavy atom. The predicted molar refractivity (Wildman–Crippen MR) is 85.8 cm³/mol. The number of hydrogen-bond donors (Lipinski definition) is 2. The summed E-state index contributed by atoms with van der Waals surface area (Å²) in [5, 5.41) is 14.0. The zero-order valence-electron chi connectivity index (χ0n) is 13.5. The minimum atomic E-state index is -0.393. The summed E-state index contributed by atoms with van der Waals surface area (Å²) in [6.07, 6.45) is 1.74. The molecule has 7 nitrogen and oxygen atoms in total. The van der Waals surface area contributed by atoms with Crippen LogP contribution in [0, 0.1) is 0 Å². The molecule has 0 spiro atoms. The van der Waals surface area contributed by atoms with Gasteiger partial charge in [0.1, 0.15) is 11.7 Å². The van der Waals surface area contributed by atoms with Crippen LogP contribution in [-0.2, 0) is 28.1 Å². The van der Waals surface area contributed by atoms with E-state index in [2.05, 4.69) is 20.9 Å². The molecule has 2 amide bonds. The lowest BCUT2D eigenvalue weighted by molar-refractivity contribution is -0.125. The van der Waals surface area contributed by atoms with Gasteiger partial charge in [-0.3, -0.25) is 9.59 Å². The molecule has 7 heteroatoms. The molecular formula is C17H19N5O2. The van der Waals surface area contributed by atoms with Gasteiger partial charge >= 0.3 is 0 Å². The van der Waals surface area contributed by atoms with E-state index in [1.54, 1.807) is 11.6 Å². The highest BCUT2D eigenvalue weighted by Crippen LogP contribution is 2.48. The molecule has 0 bridgehead atoms. The highest BCUT2D eigenvalue weighted by molar-refractivity contribution is 5.91. The lowest BCUT2D eigenvalue weighted by atomic mass is 9.95. The highest BCUT2D eigenvalue weighted by Gasteiger charge is 2.51. The lowest BCUT2D eigenvalue weighted by Crippen LogP contribution is -2.39. The molecule has 124 valence electrons. The Balaban J connectivity index is 1.48. The Labute approximate surface area is 139 Å². The van der Waals surface area contributed by atoms with Gasteiger partial charge in [-0.1, -0.05) is 35.5 Å². The van der Waals surface area contributed by atoms with E-state index >= 15 is 0 Å². The molecule has 4 rings (SSSR count). The fourth-order valence-corrected chi connectivity index (χ4v) is 3.27. The van der Waals surface area contributed by atoms with Gasteiger partial charge in [-0.25, -0.2) is 4.68 Å². The largest absolute Gasteiger partial charge is 0.350 e. The van der Waals surface area contributed by atoms with Crippen LogP contribution in [0.15, 0.2) is 30.3 Å². The molecule has 1 aromatic carbocycles. The van der Waals surface area contributed by atoms with Crippen molar-refractivity contribution >= 4 is 11.8 Å². The first kappa shape index (κ1) is 14.9. The standard InChI is InChI=1S/C17H19N5O2/c1-11-15(23)18-10-14-13(20-21-22(11)14)9-19-16(24)17(7-8-17)12-5-3-2-4-6-12/h2-6,11H,7-10H2,1H3,(H,18,23)(H,19,24). The molecule has 1 unspecified atom stereocenters. The van der Waals surface area contributed by atoms with Crippen molar-refractivity contribution in [1.29, 1.82) is 0 Å². The summed E-state index contributed by atoms with van der Waals surface area (Å²) in [6, 6.07) is 9.51. The summed E-state index contributed by atoms with van der Waals surface area (Å²) in [5.74, 6) is -0.0349. The van der Waals surface area contributed by atoms with E-state index in [0.717, 1.165) is 24.1 Å². The van der Waals surface area contributed by atoms with Crippen LogP contribution in [0.5, 0.6) is 0 Å². The van der Waals surface area contributed by atoms with Crippen LogP contribution >= 0.6 is 0 Å². The van der Waals surface area contributed by atoms with Gasteiger partial charge in [-0.15, -0.1) is 5.10 Å². The molecule has 1 atom stereocenters. The molecule has 1 aromatic heterocycles. The van der Waals surface area contributed by atoms with Gasteiger partial charge in [0, 0.05) is 0 Å². The zero-order valence-corrected chi connectivity index (χ0v) is 13.5. The maximum absolute atomic E-state index is 12.7. The van der Waals surface area contributed by atoms with Crippen molar-refractivity contribution in [3.05, 3.63) is 47.3 Å². The van der Waals surface area contributed by atoms with Crippen molar-refractivity contribution in [2.24, 2.45) is 0 Å². The Morgan fingerprint density at radius 3 is 2.83 bits per heavy atom. The monoisotopic (exact) mass is 325 g/mol. The van der Waals surface area contributed by atoms with Gasteiger partial charge in [0.2, 0.25) is 11.8 Å². The van der Waals surface area contributed by atoms with Crippen LogP contribution in [-0.4, -0.2) is 26.8 Å². The van der Waals surface area contributed by atoms with E-state index in [0.29, 0.717) is 18.8 Å². The molecule has 1 saturated carbocycles. The van der Waals surface area contributed by atoms with Gasteiger partial charge in [-0.05, 0) is 25.3 Å². The van der Waals surface area contributed by atoms with Crippen molar-refractivity contribution in [1.82, 2.24) is 25.6 Å². The third-order valence-corrected chi connectivity index (χ3v) is 4.98. The van der Waals surface area contributed by atoms with E-state index in [-0.39, 0.29) is 17.9 Å². The first-order valence-corrected chi connectivity index (χ1v) is 8.16. The van der Waals surface area contributed by atoms with Crippen molar-refractivity contribution in [2.75, 3.05) is 0 Å². The van der Waals surface area contributed by atoms with Crippen LogP contribution in [0.3, 0.4) is 0 Å². The zero-order chi connectivity index (χ0) is 16.7. The number of carbonyl (C=O) groups is 2. The van der Waals surface area contributed by atoms with Crippen molar-refractivity contribution in [3.63, 3.8) is 0 Å². The Morgan fingerprint density at radius 1 is 1.38 bits per heavy atom. The van der Waals surface area contributed by atoms with E-state index in [9.17, 15) is 9.59 Å². The van der Waals surface area contributed by atoms with Crippen LogP contribution in [0.25, 0.3) is 0 Å². The normalized spacial score (nSPS) is 20.9. The molecule has 2 heterocycles. The summed E-state index contributed by atoms with van der Waals surface area (Å²) in [7, 11) is 0. The molecule has 2 aliphatic rings. The highest BCUT2D eigenvalue weighted by atomic mass is 16.2. The number of amides is 2. The number of fused-ring (bicyclic) bond motifs is 1. The van der Waals surface area contributed by atoms with Gasteiger partial charge in [0.15, 0.2) is 0 Å². The fraction of sp³-hybridized carbons (Fsp3) is 0.412. The smallest absolute Gasteiger partial charge is 0.244 e. The summed E-state index contributed by atoms with van der Waals surface area (Å²) in [6.45, 7) is 2.50. The molecular weight excluding hydrogens is 306 g/mol. The number of rotatable bonds is 4. The minimum Gasteiger partial charge on any atom is -0.350 e. The molecule has 24 heavy (non-hydrogen) atoms. The molecule has 0 radical (unpaired) electrons. The number of nitrogens with zero attached hydrogens (tertiary/aromatic N) is 3. The van der Waals surface area contributed by atoms with Crippen molar-refractivity contribution in [2.45, 2.75) is 44.3 Å². The first-order chi connectivity index (χ1) is 11.6. The first-order valence-electron chi connectivity index (χ1n) is 8.16. The summed E-state index contributed by atoms with van der Waals surface area (Å²) >= 11 is 0. The molecule has 2 N–H and O–H groups in total. The van der Waals surface area contributed by atoms with E-state index in [4.69, 9.17) is 0 Å². The summed E-state index contributed by atoms with van der Waals surface area (Å²) in [4.78, 5) is 24.3. The Kier molecular flexibility index (Phi) is 3.37. The second-order valence-corrected chi connectivity index (χ2v) is 6.45. The maximum atomic E-state index is 12.7. The predicted octanol–water partition coefficient (Wildman–Crippen LogP) is 0.817. The molecule has 0 saturated heterocycles. The van der Waals surface area contributed by atoms with Gasteiger partial charge in [0.05, 0.1) is 24.2 Å². The minimum absolute atomic E-state index is 0.0309. The topological polar surface area (TPSA) is 88.9 Å². The SMILES string of the molecule is CC1C(=O)NCc2c(CNC(=O)C3(c4ccccc4)CC3)nnn21. The number of benzene rings is 1. The number of nitrogens with one attached hydrogen (secondary N) is 2. The molecule has 1 fully saturated rings. The third kappa shape index (κ3) is 2.28. The fourth-order valence-electron chi connectivity index (χ4n) is 3.27. The molecule has 2 aromatic rings. The average molecular weight is 325 g/mol. The third-order valence-electron chi connectivity index (χ3n) is 4.98. The molecule has 1 aliphatic heterocycles. The second-order valence-electron chi connectivity index (χ2n) is 6.45. The number of carbonyl (C=O) groups excluding carboxylic acids is 2. The lowest BCUT2D eigenvalue weighted by Gasteiger charge is -2.21. The van der Waals surface area contributed by atoms with Crippen LogP contribution in [0.2, 0.25) is 0 Å². The van der Waals surface area contributed by atoms with Crippen LogP contribution in [0.4, 0.5) is 0 Å². The van der Waals surface area contributed by atoms with Crippen molar-refractivity contribution < 1.29 is 9.59 Å². The summed E-state index contributed by atoms with van der Waals surface area (Å²) < 4.78 is 1.63. The van der Waals surface area contributed by atoms with Gasteiger partial charge < -0.3 is 10.6 Å². The average Bonchev–Trinajstić information content (AvgIpc) is 3.32. The van der Waals surface area contributed by atoms with Gasteiger partial charge in [-0.2, -0.15) is 0 Å². The van der Waals surface area contributed by atoms with E-state index < -0.39 is 5.41 Å². The molecule has 1 aliphatic carbocycles. The van der Waals surface area contributed by atoms with E-state index in [1.165, 1.54) is 0 Å². The van der Waals surface area contributed by atoms with E-state index in [1.807, 2.05) is 30.3 Å². The van der Waals surface area contributed by atoms with Crippen LogP contribution < -0.4 is 10.6 Å². The Hall–Kier alpha value is -2.70.